The van der Waals surface area contributed by atoms with Crippen LogP contribution in [0.1, 0.15) is 26.3 Å². The molecule has 17 heavy (non-hydrogen) atoms. The predicted molar refractivity (Wildman–Crippen MR) is 65.2 cm³/mol. The van der Waals surface area contributed by atoms with E-state index in [1.807, 2.05) is 30.3 Å². The Morgan fingerprint density at radius 3 is 2.35 bits per heavy atom. The van der Waals surface area contributed by atoms with E-state index in [-0.39, 0.29) is 5.97 Å². The lowest BCUT2D eigenvalue weighted by Gasteiger charge is -2.19. The van der Waals surface area contributed by atoms with Crippen LogP contribution < -0.4 is 0 Å². The van der Waals surface area contributed by atoms with Crippen LogP contribution in [-0.2, 0) is 20.7 Å². The van der Waals surface area contributed by atoms with Crippen molar-refractivity contribution in [1.82, 2.24) is 0 Å². The molecular formula is C14H17O3. The van der Waals surface area contributed by atoms with E-state index in [0.29, 0.717) is 6.42 Å². The van der Waals surface area contributed by atoms with Crippen molar-refractivity contribution in [1.29, 1.82) is 0 Å². The van der Waals surface area contributed by atoms with Crippen LogP contribution in [0, 0.1) is 5.41 Å². The molecule has 1 aromatic rings. The van der Waals surface area contributed by atoms with Crippen LogP contribution in [0.4, 0.5) is 0 Å². The van der Waals surface area contributed by atoms with Gasteiger partial charge in [0.05, 0.1) is 5.41 Å². The minimum Gasteiger partial charge on any atom is -0.453 e. The summed E-state index contributed by atoms with van der Waals surface area (Å²) < 4.78 is 5.11. The Labute approximate surface area is 102 Å². The molecule has 3 heteroatoms. The number of carbonyl (C=O) groups is 1. The zero-order chi connectivity index (χ0) is 12.9. The van der Waals surface area contributed by atoms with Gasteiger partial charge in [0.1, 0.15) is 0 Å². The number of carbonyl (C=O) groups excluding carboxylic acids is 2. The molecule has 0 aromatic heterocycles. The van der Waals surface area contributed by atoms with Crippen molar-refractivity contribution in [2.24, 2.45) is 5.41 Å². The number of rotatable bonds is 4. The Hall–Kier alpha value is -1.64. The van der Waals surface area contributed by atoms with Gasteiger partial charge >= 0.3 is 5.97 Å². The van der Waals surface area contributed by atoms with Gasteiger partial charge in [-0.25, -0.2) is 0 Å². The summed E-state index contributed by atoms with van der Waals surface area (Å²) in [6.45, 7) is 5.25. The molecule has 0 aliphatic heterocycles. The second-order valence-electron chi connectivity index (χ2n) is 4.95. The van der Waals surface area contributed by atoms with Crippen LogP contribution in [0.25, 0.3) is 0 Å². The van der Waals surface area contributed by atoms with E-state index in [2.05, 4.69) is 0 Å². The van der Waals surface area contributed by atoms with Gasteiger partial charge in [0.2, 0.25) is 6.29 Å². The molecule has 0 amide bonds. The minimum absolute atomic E-state index is 0.367. The summed E-state index contributed by atoms with van der Waals surface area (Å²) >= 11 is 0. The molecule has 0 saturated carbocycles. The molecule has 1 aromatic carbocycles. The molecule has 1 atom stereocenters. The standard InChI is InChI=1S/C14H17O3/c1-14(2,3)13(16)17-12(10-15)9-11-7-5-4-6-8-11/h4-8,12H,9H2,1-3H3/t12-/m0/s1. The average molecular weight is 233 g/mol. The first-order valence-electron chi connectivity index (χ1n) is 5.56. The molecule has 1 rings (SSSR count). The lowest BCUT2D eigenvalue weighted by atomic mass is 9.97. The molecule has 0 fully saturated rings. The summed E-state index contributed by atoms with van der Waals surface area (Å²) in [6.07, 6.45) is 1.30. The molecule has 0 saturated heterocycles. The van der Waals surface area contributed by atoms with Gasteiger partial charge in [0.15, 0.2) is 6.10 Å². The summed E-state index contributed by atoms with van der Waals surface area (Å²) in [5, 5.41) is 0. The Kier molecular flexibility index (Phi) is 4.44. The van der Waals surface area contributed by atoms with Crippen molar-refractivity contribution in [2.45, 2.75) is 33.3 Å². The zero-order valence-corrected chi connectivity index (χ0v) is 10.4. The van der Waals surface area contributed by atoms with Crippen molar-refractivity contribution in [3.8, 4) is 0 Å². The quantitative estimate of drug-likeness (QED) is 0.749. The van der Waals surface area contributed by atoms with Crippen LogP contribution in [0.2, 0.25) is 0 Å². The smallest absolute Gasteiger partial charge is 0.311 e. The minimum atomic E-state index is -0.830. The first-order chi connectivity index (χ1) is 7.93. The largest absolute Gasteiger partial charge is 0.453 e. The molecule has 0 spiro atoms. The molecular weight excluding hydrogens is 216 g/mol. The van der Waals surface area contributed by atoms with E-state index in [1.165, 1.54) is 0 Å². The molecule has 3 nitrogen and oxygen atoms in total. The summed E-state index contributed by atoms with van der Waals surface area (Å²) in [6, 6.07) is 9.42. The molecule has 1 radical (unpaired) electrons. The maximum atomic E-state index is 11.6. The Bertz CT molecular complexity index is 376. The molecule has 91 valence electrons. The monoisotopic (exact) mass is 233 g/mol. The van der Waals surface area contributed by atoms with E-state index >= 15 is 0 Å². The third kappa shape index (κ3) is 4.39. The van der Waals surface area contributed by atoms with Crippen LogP contribution in [-0.4, -0.2) is 18.4 Å². The van der Waals surface area contributed by atoms with Gasteiger partial charge in [0.25, 0.3) is 0 Å². The van der Waals surface area contributed by atoms with Gasteiger partial charge in [-0.2, -0.15) is 0 Å². The van der Waals surface area contributed by atoms with Gasteiger partial charge < -0.3 is 4.74 Å². The predicted octanol–water partition coefficient (Wildman–Crippen LogP) is 2.30. The van der Waals surface area contributed by atoms with Gasteiger partial charge in [-0.1, -0.05) is 30.3 Å². The summed E-state index contributed by atoms with van der Waals surface area (Å²) in [4.78, 5) is 22.4. The summed E-state index contributed by atoms with van der Waals surface area (Å²) in [5.74, 6) is -0.387. The maximum absolute atomic E-state index is 11.6. The van der Waals surface area contributed by atoms with Gasteiger partial charge in [-0.05, 0) is 26.3 Å². The van der Waals surface area contributed by atoms with Crippen LogP contribution in [0.3, 0.4) is 0 Å². The van der Waals surface area contributed by atoms with Crippen molar-refractivity contribution < 1.29 is 14.3 Å². The van der Waals surface area contributed by atoms with E-state index in [4.69, 9.17) is 4.74 Å². The Balaban J connectivity index is 2.62. The number of hydrogen-bond acceptors (Lipinski definition) is 3. The topological polar surface area (TPSA) is 43.4 Å². The highest BCUT2D eigenvalue weighted by Crippen LogP contribution is 2.17. The third-order valence-corrected chi connectivity index (χ3v) is 2.26. The molecule has 0 unspecified atom stereocenters. The lowest BCUT2D eigenvalue weighted by Crippen LogP contribution is -2.30. The Morgan fingerprint density at radius 2 is 1.88 bits per heavy atom. The number of ether oxygens (including phenoxy) is 1. The van der Waals surface area contributed by atoms with Crippen molar-refractivity contribution in [3.63, 3.8) is 0 Å². The highest BCUT2D eigenvalue weighted by atomic mass is 16.5. The van der Waals surface area contributed by atoms with E-state index in [9.17, 15) is 9.59 Å². The fourth-order valence-electron chi connectivity index (χ4n) is 1.24. The van der Waals surface area contributed by atoms with Crippen molar-refractivity contribution in [3.05, 3.63) is 35.9 Å². The van der Waals surface area contributed by atoms with Crippen molar-refractivity contribution in [2.75, 3.05) is 0 Å². The molecule has 0 aliphatic carbocycles. The number of hydrogen-bond donors (Lipinski definition) is 0. The van der Waals surface area contributed by atoms with Crippen LogP contribution in [0.15, 0.2) is 30.3 Å². The second kappa shape index (κ2) is 5.62. The van der Waals surface area contributed by atoms with E-state index < -0.39 is 11.5 Å². The lowest BCUT2D eigenvalue weighted by molar-refractivity contribution is -0.155. The van der Waals surface area contributed by atoms with Crippen molar-refractivity contribution >= 4 is 12.3 Å². The molecule has 0 N–H and O–H groups in total. The normalized spacial score (nSPS) is 12.9. The highest BCUT2D eigenvalue weighted by Gasteiger charge is 2.26. The first-order valence-corrected chi connectivity index (χ1v) is 5.56. The Morgan fingerprint density at radius 1 is 1.29 bits per heavy atom. The number of benzene rings is 1. The fraction of sp³-hybridized carbons (Fsp3) is 0.429. The third-order valence-electron chi connectivity index (χ3n) is 2.26. The maximum Gasteiger partial charge on any atom is 0.311 e. The fourth-order valence-corrected chi connectivity index (χ4v) is 1.24. The molecule has 0 aliphatic rings. The van der Waals surface area contributed by atoms with Crippen LogP contribution in [0.5, 0.6) is 0 Å². The second-order valence-corrected chi connectivity index (χ2v) is 4.95. The molecule has 0 heterocycles. The van der Waals surface area contributed by atoms with Gasteiger partial charge in [-0.15, -0.1) is 0 Å². The number of esters is 1. The first kappa shape index (κ1) is 13.4. The summed E-state index contributed by atoms with van der Waals surface area (Å²) in [5.41, 5.74) is 0.341. The van der Waals surface area contributed by atoms with E-state index in [1.54, 1.807) is 27.1 Å². The SMILES string of the molecule is CC(C)(C)C(=O)O[C@H]([C]=O)Cc1ccccc1. The average Bonchev–Trinajstić information content (AvgIpc) is 2.28. The van der Waals surface area contributed by atoms with Gasteiger partial charge in [0, 0.05) is 6.42 Å². The molecule has 0 bridgehead atoms. The highest BCUT2D eigenvalue weighted by molar-refractivity contribution is 5.77. The van der Waals surface area contributed by atoms with Gasteiger partial charge in [-0.3, -0.25) is 9.59 Å². The van der Waals surface area contributed by atoms with E-state index in [0.717, 1.165) is 5.56 Å². The van der Waals surface area contributed by atoms with Crippen LogP contribution >= 0.6 is 0 Å². The summed E-state index contributed by atoms with van der Waals surface area (Å²) in [7, 11) is 0. The zero-order valence-electron chi connectivity index (χ0n) is 10.4.